The first-order chi connectivity index (χ1) is 11.2. The maximum absolute atomic E-state index is 5.78. The van der Waals surface area contributed by atoms with Crippen LogP contribution in [-0.2, 0) is 6.54 Å². The van der Waals surface area contributed by atoms with E-state index in [2.05, 4.69) is 43.4 Å². The zero-order chi connectivity index (χ0) is 15.9. The van der Waals surface area contributed by atoms with E-state index in [0.29, 0.717) is 11.5 Å². The molecule has 1 aromatic carbocycles. The highest BCUT2D eigenvalue weighted by Gasteiger charge is 2.52. The third-order valence-corrected chi connectivity index (χ3v) is 6.88. The fourth-order valence-electron chi connectivity index (χ4n) is 6.13. The molecule has 126 valence electrons. The molecule has 0 saturated heterocycles. The molecule has 0 aliphatic heterocycles. The van der Waals surface area contributed by atoms with Crippen LogP contribution < -0.4 is 10.1 Å². The summed E-state index contributed by atoms with van der Waals surface area (Å²) in [5.41, 5.74) is 1.88. The van der Waals surface area contributed by atoms with Crippen LogP contribution in [0.4, 0.5) is 0 Å². The monoisotopic (exact) mass is 313 g/mol. The second-order valence-corrected chi connectivity index (χ2v) is 8.42. The van der Waals surface area contributed by atoms with Crippen LogP contribution in [0.3, 0.4) is 0 Å². The van der Waals surface area contributed by atoms with E-state index in [-0.39, 0.29) is 0 Å². The molecular weight excluding hydrogens is 282 g/mol. The Morgan fingerprint density at radius 2 is 1.70 bits per heavy atom. The fraction of sp³-hybridized carbons (Fsp3) is 0.714. The van der Waals surface area contributed by atoms with Gasteiger partial charge in [-0.15, -0.1) is 0 Å². The summed E-state index contributed by atoms with van der Waals surface area (Å²) in [6.45, 7) is 6.17. The molecule has 4 aliphatic rings. The highest BCUT2D eigenvalue weighted by Crippen LogP contribution is 2.61. The van der Waals surface area contributed by atoms with Gasteiger partial charge in [-0.05, 0) is 81.6 Å². The van der Waals surface area contributed by atoms with E-state index in [0.717, 1.165) is 36.7 Å². The van der Waals surface area contributed by atoms with Gasteiger partial charge in [-0.25, -0.2) is 0 Å². The van der Waals surface area contributed by atoms with Crippen LogP contribution in [0.1, 0.15) is 57.9 Å². The lowest BCUT2D eigenvalue weighted by molar-refractivity contribution is -0.0706. The largest absolute Gasteiger partial charge is 0.494 e. The number of benzene rings is 1. The van der Waals surface area contributed by atoms with Crippen molar-refractivity contribution in [3.63, 3.8) is 0 Å². The molecule has 0 amide bonds. The van der Waals surface area contributed by atoms with Crippen molar-refractivity contribution in [3.05, 3.63) is 29.8 Å². The third-order valence-electron chi connectivity index (χ3n) is 6.88. The molecule has 0 spiro atoms. The van der Waals surface area contributed by atoms with Gasteiger partial charge in [0.25, 0.3) is 0 Å². The molecule has 0 heterocycles. The molecule has 1 N–H and O–H groups in total. The Kier molecular flexibility index (Phi) is 4.13. The summed E-state index contributed by atoms with van der Waals surface area (Å²) in [5.74, 6) is 4.13. The van der Waals surface area contributed by atoms with Crippen molar-refractivity contribution in [2.45, 2.75) is 65.0 Å². The number of nitrogens with one attached hydrogen (secondary N) is 1. The molecule has 5 rings (SSSR count). The van der Waals surface area contributed by atoms with Gasteiger partial charge < -0.3 is 10.1 Å². The van der Waals surface area contributed by atoms with Crippen LogP contribution in [0.2, 0.25) is 0 Å². The van der Waals surface area contributed by atoms with Crippen LogP contribution in [0.5, 0.6) is 5.75 Å². The van der Waals surface area contributed by atoms with E-state index in [9.17, 15) is 0 Å². The Morgan fingerprint density at radius 1 is 1.09 bits per heavy atom. The summed E-state index contributed by atoms with van der Waals surface area (Å²) in [6, 6.07) is 9.09. The summed E-state index contributed by atoms with van der Waals surface area (Å²) in [6.07, 6.45) is 9.00. The van der Waals surface area contributed by atoms with Gasteiger partial charge in [0, 0.05) is 18.2 Å². The lowest BCUT2D eigenvalue weighted by atomic mass is 9.48. The van der Waals surface area contributed by atoms with Crippen molar-refractivity contribution < 1.29 is 4.74 Å². The lowest BCUT2D eigenvalue weighted by Gasteiger charge is -2.59. The number of hydrogen-bond acceptors (Lipinski definition) is 2. The molecule has 1 atom stereocenters. The van der Waals surface area contributed by atoms with Crippen molar-refractivity contribution in [1.82, 2.24) is 5.32 Å². The van der Waals surface area contributed by atoms with Crippen molar-refractivity contribution in [2.24, 2.45) is 23.2 Å². The molecule has 4 aliphatic carbocycles. The summed E-state index contributed by atoms with van der Waals surface area (Å²) >= 11 is 0. The van der Waals surface area contributed by atoms with Crippen LogP contribution >= 0.6 is 0 Å². The standard InChI is InChI=1S/C21H31NO/c1-3-23-20-7-5-4-6-19(20)14-22-15(2)21-11-16-8-17(12-21)10-18(9-16)13-21/h4-7,15-18,22H,3,8-14H2,1-2H3. The first-order valence-electron chi connectivity index (χ1n) is 9.62. The zero-order valence-corrected chi connectivity index (χ0v) is 14.7. The van der Waals surface area contributed by atoms with Gasteiger partial charge in [-0.3, -0.25) is 0 Å². The van der Waals surface area contributed by atoms with Gasteiger partial charge in [0.15, 0.2) is 0 Å². The first-order valence-corrected chi connectivity index (χ1v) is 9.62. The maximum Gasteiger partial charge on any atom is 0.123 e. The minimum absolute atomic E-state index is 0.579. The molecule has 0 aromatic heterocycles. The van der Waals surface area contributed by atoms with Gasteiger partial charge in [-0.2, -0.15) is 0 Å². The minimum atomic E-state index is 0.579. The predicted octanol–water partition coefficient (Wildman–Crippen LogP) is 4.78. The van der Waals surface area contributed by atoms with E-state index in [4.69, 9.17) is 4.74 Å². The summed E-state index contributed by atoms with van der Waals surface area (Å²) < 4.78 is 5.78. The van der Waals surface area contributed by atoms with Gasteiger partial charge in [0.1, 0.15) is 5.75 Å². The topological polar surface area (TPSA) is 21.3 Å². The van der Waals surface area contributed by atoms with E-state index in [1.54, 1.807) is 0 Å². The summed E-state index contributed by atoms with van der Waals surface area (Å²) in [5, 5.41) is 3.87. The van der Waals surface area contributed by atoms with Gasteiger partial charge in [-0.1, -0.05) is 18.2 Å². The average Bonchev–Trinajstić information content (AvgIpc) is 2.53. The van der Waals surface area contributed by atoms with Crippen LogP contribution in [0, 0.1) is 23.2 Å². The SMILES string of the molecule is CCOc1ccccc1CNC(C)C12CC3CC(CC(C3)C1)C2. The molecule has 2 nitrogen and oxygen atoms in total. The average molecular weight is 313 g/mol. The summed E-state index contributed by atoms with van der Waals surface area (Å²) in [4.78, 5) is 0. The van der Waals surface area contributed by atoms with Gasteiger partial charge in [0.05, 0.1) is 6.61 Å². The third kappa shape index (κ3) is 2.91. The van der Waals surface area contributed by atoms with Crippen molar-refractivity contribution >= 4 is 0 Å². The molecule has 0 radical (unpaired) electrons. The van der Waals surface area contributed by atoms with E-state index in [1.165, 1.54) is 44.1 Å². The van der Waals surface area contributed by atoms with Crippen molar-refractivity contribution in [3.8, 4) is 5.75 Å². The minimum Gasteiger partial charge on any atom is -0.494 e. The second kappa shape index (κ2) is 6.12. The van der Waals surface area contributed by atoms with E-state index < -0.39 is 0 Å². The Hall–Kier alpha value is -1.02. The highest BCUT2D eigenvalue weighted by molar-refractivity contribution is 5.33. The maximum atomic E-state index is 5.78. The molecular formula is C21H31NO. The molecule has 4 fully saturated rings. The molecule has 2 heteroatoms. The fourth-order valence-corrected chi connectivity index (χ4v) is 6.13. The summed E-state index contributed by atoms with van der Waals surface area (Å²) in [7, 11) is 0. The van der Waals surface area contributed by atoms with Crippen LogP contribution in [-0.4, -0.2) is 12.6 Å². The Labute approximate surface area is 141 Å². The molecule has 23 heavy (non-hydrogen) atoms. The number of rotatable bonds is 6. The molecule has 1 aromatic rings. The van der Waals surface area contributed by atoms with Crippen molar-refractivity contribution in [2.75, 3.05) is 6.61 Å². The van der Waals surface area contributed by atoms with Crippen LogP contribution in [0.15, 0.2) is 24.3 Å². The van der Waals surface area contributed by atoms with E-state index >= 15 is 0 Å². The molecule has 4 saturated carbocycles. The van der Waals surface area contributed by atoms with Gasteiger partial charge >= 0.3 is 0 Å². The molecule has 4 bridgehead atoms. The number of para-hydroxylation sites is 1. The Balaban J connectivity index is 1.43. The normalized spacial score (nSPS) is 36.2. The highest BCUT2D eigenvalue weighted by atomic mass is 16.5. The lowest BCUT2D eigenvalue weighted by Crippen LogP contribution is -2.54. The first kappa shape index (κ1) is 15.5. The number of hydrogen-bond donors (Lipinski definition) is 1. The Morgan fingerprint density at radius 3 is 2.30 bits per heavy atom. The smallest absolute Gasteiger partial charge is 0.123 e. The zero-order valence-electron chi connectivity index (χ0n) is 14.7. The quantitative estimate of drug-likeness (QED) is 0.816. The second-order valence-electron chi connectivity index (χ2n) is 8.42. The van der Waals surface area contributed by atoms with E-state index in [1.807, 2.05) is 0 Å². The predicted molar refractivity (Wildman–Crippen MR) is 94.5 cm³/mol. The Bertz CT molecular complexity index is 517. The van der Waals surface area contributed by atoms with Crippen LogP contribution in [0.25, 0.3) is 0 Å². The van der Waals surface area contributed by atoms with Gasteiger partial charge in [0.2, 0.25) is 0 Å². The molecule has 1 unspecified atom stereocenters. The number of ether oxygens (including phenoxy) is 1. The van der Waals surface area contributed by atoms with Crippen molar-refractivity contribution in [1.29, 1.82) is 0 Å².